The first-order valence-corrected chi connectivity index (χ1v) is 9.46. The van der Waals surface area contributed by atoms with E-state index in [2.05, 4.69) is 25.8 Å². The van der Waals surface area contributed by atoms with E-state index in [1.165, 1.54) is 6.07 Å². The Morgan fingerprint density at radius 3 is 2.69 bits per heavy atom. The number of guanidine groups is 1. The highest BCUT2D eigenvalue weighted by Gasteiger charge is 2.07. The van der Waals surface area contributed by atoms with Crippen molar-refractivity contribution in [2.45, 2.75) is 26.8 Å². The van der Waals surface area contributed by atoms with Crippen LogP contribution in [0.3, 0.4) is 0 Å². The number of ether oxygens (including phenoxy) is 1. The maximum Gasteiger partial charge on any atom is 0.223 e. The lowest BCUT2D eigenvalue weighted by molar-refractivity contribution is 0.387. The Bertz CT molecular complexity index is 943. The van der Waals surface area contributed by atoms with Crippen molar-refractivity contribution in [1.29, 1.82) is 0 Å². The van der Waals surface area contributed by atoms with Gasteiger partial charge in [0.25, 0.3) is 0 Å². The van der Waals surface area contributed by atoms with Gasteiger partial charge in [0.1, 0.15) is 12.3 Å². The molecular formula is C21H24FN5O2. The Balaban J connectivity index is 1.53. The summed E-state index contributed by atoms with van der Waals surface area (Å²) < 4.78 is 24.9. The van der Waals surface area contributed by atoms with Crippen molar-refractivity contribution < 1.29 is 13.7 Å². The number of halogens is 1. The number of rotatable bonds is 8. The number of para-hydroxylation sites is 1. The molecule has 7 nitrogen and oxygen atoms in total. The van der Waals surface area contributed by atoms with Gasteiger partial charge in [-0.1, -0.05) is 29.4 Å². The van der Waals surface area contributed by atoms with E-state index in [1.807, 2.05) is 31.2 Å². The topological polar surface area (TPSA) is 84.6 Å². The zero-order valence-electron chi connectivity index (χ0n) is 16.5. The molecule has 152 valence electrons. The number of nitrogens with one attached hydrogen (secondary N) is 2. The summed E-state index contributed by atoms with van der Waals surface area (Å²) in [5, 5.41) is 10.2. The summed E-state index contributed by atoms with van der Waals surface area (Å²) in [5.74, 6) is 2.09. The smallest absolute Gasteiger partial charge is 0.223 e. The Labute approximate surface area is 169 Å². The Morgan fingerprint density at radius 1 is 1.17 bits per heavy atom. The third kappa shape index (κ3) is 6.31. The number of hydrogen-bond acceptors (Lipinski definition) is 5. The highest BCUT2D eigenvalue weighted by Crippen LogP contribution is 2.24. The van der Waals surface area contributed by atoms with Gasteiger partial charge < -0.3 is 19.9 Å². The van der Waals surface area contributed by atoms with Gasteiger partial charge in [0.05, 0.1) is 0 Å². The average molecular weight is 397 g/mol. The predicted octanol–water partition coefficient (Wildman–Crippen LogP) is 3.61. The molecule has 0 unspecified atom stereocenters. The van der Waals surface area contributed by atoms with E-state index in [1.54, 1.807) is 25.1 Å². The van der Waals surface area contributed by atoms with Crippen LogP contribution in [-0.2, 0) is 13.0 Å². The van der Waals surface area contributed by atoms with Crippen molar-refractivity contribution in [1.82, 2.24) is 20.8 Å². The molecule has 3 aromatic rings. The SMILES string of the molecule is CCNC(=NCc1noc(C)n1)NCCc1ccc(Oc2ccccc2)c(F)c1. The number of aromatic nitrogens is 2. The summed E-state index contributed by atoms with van der Waals surface area (Å²) in [6.45, 7) is 5.34. The summed E-state index contributed by atoms with van der Waals surface area (Å²) in [6.07, 6.45) is 0.633. The van der Waals surface area contributed by atoms with Gasteiger partial charge >= 0.3 is 0 Å². The number of aryl methyl sites for hydroxylation is 1. The van der Waals surface area contributed by atoms with Crippen LogP contribution in [0.15, 0.2) is 58.0 Å². The fraction of sp³-hybridized carbons (Fsp3) is 0.286. The lowest BCUT2D eigenvalue weighted by Crippen LogP contribution is -2.38. The van der Waals surface area contributed by atoms with Crippen LogP contribution >= 0.6 is 0 Å². The number of hydrogen-bond donors (Lipinski definition) is 2. The first kappa shape index (κ1) is 20.3. The Morgan fingerprint density at radius 2 is 2.00 bits per heavy atom. The molecule has 0 radical (unpaired) electrons. The zero-order valence-corrected chi connectivity index (χ0v) is 16.5. The third-order valence-corrected chi connectivity index (χ3v) is 3.97. The first-order valence-electron chi connectivity index (χ1n) is 9.46. The van der Waals surface area contributed by atoms with Crippen molar-refractivity contribution >= 4 is 5.96 Å². The minimum Gasteiger partial charge on any atom is -0.454 e. The highest BCUT2D eigenvalue weighted by molar-refractivity contribution is 5.79. The normalized spacial score (nSPS) is 11.3. The highest BCUT2D eigenvalue weighted by atomic mass is 19.1. The molecule has 0 atom stereocenters. The van der Waals surface area contributed by atoms with Crippen molar-refractivity contribution in [3.8, 4) is 11.5 Å². The van der Waals surface area contributed by atoms with Crippen LogP contribution in [0, 0.1) is 12.7 Å². The van der Waals surface area contributed by atoms with Gasteiger partial charge in [-0.2, -0.15) is 4.98 Å². The van der Waals surface area contributed by atoms with E-state index in [0.29, 0.717) is 42.9 Å². The van der Waals surface area contributed by atoms with Crippen molar-refractivity contribution in [3.63, 3.8) is 0 Å². The van der Waals surface area contributed by atoms with Crippen molar-refractivity contribution in [2.24, 2.45) is 4.99 Å². The van der Waals surface area contributed by atoms with Crippen LogP contribution in [0.4, 0.5) is 4.39 Å². The first-order chi connectivity index (χ1) is 14.1. The van der Waals surface area contributed by atoms with Crippen LogP contribution in [-0.4, -0.2) is 29.2 Å². The summed E-state index contributed by atoms with van der Waals surface area (Å²) in [4.78, 5) is 8.55. The number of nitrogens with zero attached hydrogens (tertiary/aromatic N) is 3. The van der Waals surface area contributed by atoms with Gasteiger partial charge in [0.15, 0.2) is 23.4 Å². The lowest BCUT2D eigenvalue weighted by Gasteiger charge is -2.12. The molecule has 0 fully saturated rings. The molecule has 8 heteroatoms. The summed E-state index contributed by atoms with van der Waals surface area (Å²) >= 11 is 0. The molecule has 29 heavy (non-hydrogen) atoms. The number of aliphatic imine (C=N–C) groups is 1. The largest absolute Gasteiger partial charge is 0.454 e. The molecule has 0 saturated heterocycles. The monoisotopic (exact) mass is 397 g/mol. The molecule has 3 rings (SSSR count). The molecule has 0 aliphatic heterocycles. The third-order valence-electron chi connectivity index (χ3n) is 3.97. The summed E-state index contributed by atoms with van der Waals surface area (Å²) in [7, 11) is 0. The molecule has 0 saturated carbocycles. The van der Waals surface area contributed by atoms with Crippen molar-refractivity contribution in [2.75, 3.05) is 13.1 Å². The maximum absolute atomic E-state index is 14.3. The molecule has 0 bridgehead atoms. The van der Waals surface area contributed by atoms with Gasteiger partial charge in [0, 0.05) is 20.0 Å². The van der Waals surface area contributed by atoms with Gasteiger partial charge in [-0.3, -0.25) is 0 Å². The van der Waals surface area contributed by atoms with Gasteiger partial charge in [-0.05, 0) is 43.2 Å². The fourth-order valence-electron chi connectivity index (χ4n) is 2.62. The average Bonchev–Trinajstić information content (AvgIpc) is 3.14. The molecular weight excluding hydrogens is 373 g/mol. The van der Waals surface area contributed by atoms with E-state index in [-0.39, 0.29) is 11.6 Å². The molecule has 2 aromatic carbocycles. The second kappa shape index (κ2) is 10.2. The molecule has 0 amide bonds. The van der Waals surface area contributed by atoms with E-state index in [4.69, 9.17) is 9.26 Å². The molecule has 1 aromatic heterocycles. The summed E-state index contributed by atoms with van der Waals surface area (Å²) in [5.41, 5.74) is 0.861. The van der Waals surface area contributed by atoms with Crippen LogP contribution in [0.2, 0.25) is 0 Å². The molecule has 0 aliphatic rings. The zero-order chi connectivity index (χ0) is 20.5. The Kier molecular flexibility index (Phi) is 7.16. The van der Waals surface area contributed by atoms with E-state index < -0.39 is 0 Å². The second-order valence-corrected chi connectivity index (χ2v) is 6.28. The minimum atomic E-state index is -0.389. The van der Waals surface area contributed by atoms with Gasteiger partial charge in [-0.15, -0.1) is 0 Å². The fourth-order valence-corrected chi connectivity index (χ4v) is 2.62. The standard InChI is InChI=1S/C21H24FN5O2/c1-3-23-21(25-14-20-26-15(2)29-27-20)24-12-11-16-9-10-19(18(22)13-16)28-17-7-5-4-6-8-17/h4-10,13H,3,11-12,14H2,1-2H3,(H2,23,24,25). The van der Waals surface area contributed by atoms with Gasteiger partial charge in [-0.25, -0.2) is 9.38 Å². The van der Waals surface area contributed by atoms with E-state index >= 15 is 0 Å². The molecule has 1 heterocycles. The summed E-state index contributed by atoms with van der Waals surface area (Å²) in [6, 6.07) is 14.1. The van der Waals surface area contributed by atoms with E-state index in [0.717, 1.165) is 12.1 Å². The second-order valence-electron chi connectivity index (χ2n) is 6.28. The minimum absolute atomic E-state index is 0.207. The predicted molar refractivity (Wildman–Crippen MR) is 108 cm³/mol. The molecule has 2 N–H and O–H groups in total. The van der Waals surface area contributed by atoms with Crippen LogP contribution in [0.1, 0.15) is 24.2 Å². The molecule has 0 spiro atoms. The van der Waals surface area contributed by atoms with Crippen molar-refractivity contribution in [3.05, 3.63) is 71.6 Å². The molecule has 0 aliphatic carbocycles. The van der Waals surface area contributed by atoms with Crippen LogP contribution < -0.4 is 15.4 Å². The van der Waals surface area contributed by atoms with Gasteiger partial charge in [0.2, 0.25) is 5.89 Å². The quantitative estimate of drug-likeness (QED) is 0.446. The lowest BCUT2D eigenvalue weighted by atomic mass is 10.1. The number of benzene rings is 2. The maximum atomic E-state index is 14.3. The Hall–Kier alpha value is -3.42. The van der Waals surface area contributed by atoms with E-state index in [9.17, 15) is 4.39 Å². The van der Waals surface area contributed by atoms with Crippen LogP contribution in [0.25, 0.3) is 0 Å². The van der Waals surface area contributed by atoms with Crippen LogP contribution in [0.5, 0.6) is 11.5 Å².